The Morgan fingerprint density at radius 3 is 2.44 bits per heavy atom. The first-order chi connectivity index (χ1) is 12.8. The lowest BCUT2D eigenvalue weighted by atomic mass is 9.87. The van der Waals surface area contributed by atoms with Gasteiger partial charge in [0.1, 0.15) is 6.54 Å². The summed E-state index contributed by atoms with van der Waals surface area (Å²) in [6.07, 6.45) is 7.71. The highest BCUT2D eigenvalue weighted by Crippen LogP contribution is 2.22. The predicted molar refractivity (Wildman–Crippen MR) is 106 cm³/mol. The molecule has 0 radical (unpaired) electrons. The first kappa shape index (κ1) is 19.1. The standard InChI is InChI=1S/C21H28N4O2/c1-21(2,3)16-10-8-15(9-11-16)20(27)24-18-12-22-25(13-18)14-19(26)23-17-6-4-5-7-17/h8-13,17H,4-7,14H2,1-3H3,(H,23,26)(H,24,27). The molecule has 1 fully saturated rings. The van der Waals surface area contributed by atoms with E-state index in [0.717, 1.165) is 12.8 Å². The topological polar surface area (TPSA) is 76.0 Å². The fraction of sp³-hybridized carbons (Fsp3) is 0.476. The molecule has 0 spiro atoms. The Bertz CT molecular complexity index is 796. The molecule has 0 aliphatic heterocycles. The number of benzene rings is 1. The molecule has 1 aliphatic rings. The number of carbonyl (C=O) groups is 2. The van der Waals surface area contributed by atoms with Crippen LogP contribution in [0.4, 0.5) is 5.69 Å². The zero-order valence-corrected chi connectivity index (χ0v) is 16.3. The van der Waals surface area contributed by atoms with E-state index in [1.54, 1.807) is 17.1 Å². The van der Waals surface area contributed by atoms with Crippen LogP contribution in [0.5, 0.6) is 0 Å². The lowest BCUT2D eigenvalue weighted by Crippen LogP contribution is -2.35. The van der Waals surface area contributed by atoms with Crippen LogP contribution in [0.15, 0.2) is 36.7 Å². The Morgan fingerprint density at radius 2 is 1.81 bits per heavy atom. The SMILES string of the molecule is CC(C)(C)c1ccc(C(=O)Nc2cnn(CC(=O)NC3CCCC3)c2)cc1. The highest BCUT2D eigenvalue weighted by molar-refractivity contribution is 6.04. The zero-order valence-electron chi connectivity index (χ0n) is 16.3. The van der Waals surface area contributed by atoms with Gasteiger partial charge in [0.25, 0.3) is 5.91 Å². The minimum Gasteiger partial charge on any atom is -0.352 e. The van der Waals surface area contributed by atoms with E-state index in [1.165, 1.54) is 18.4 Å². The van der Waals surface area contributed by atoms with Gasteiger partial charge in [-0.1, -0.05) is 45.7 Å². The van der Waals surface area contributed by atoms with Crippen LogP contribution in [0.2, 0.25) is 0 Å². The second kappa shape index (κ2) is 7.94. The van der Waals surface area contributed by atoms with E-state index in [9.17, 15) is 9.59 Å². The van der Waals surface area contributed by atoms with Gasteiger partial charge in [-0.3, -0.25) is 14.3 Å². The molecule has 27 heavy (non-hydrogen) atoms. The van der Waals surface area contributed by atoms with Gasteiger partial charge in [0.05, 0.1) is 11.9 Å². The molecule has 0 saturated heterocycles. The summed E-state index contributed by atoms with van der Waals surface area (Å²) in [5, 5.41) is 10.0. The number of nitrogens with one attached hydrogen (secondary N) is 2. The lowest BCUT2D eigenvalue weighted by molar-refractivity contribution is -0.122. The molecular weight excluding hydrogens is 340 g/mol. The van der Waals surface area contributed by atoms with Crippen molar-refractivity contribution in [3.63, 3.8) is 0 Å². The third-order valence-electron chi connectivity index (χ3n) is 4.93. The summed E-state index contributed by atoms with van der Waals surface area (Å²) in [4.78, 5) is 24.5. The molecule has 1 aromatic heterocycles. The number of carbonyl (C=O) groups excluding carboxylic acids is 2. The summed E-state index contributed by atoms with van der Waals surface area (Å²) in [5.74, 6) is -0.230. The van der Waals surface area contributed by atoms with E-state index in [2.05, 4.69) is 36.5 Å². The van der Waals surface area contributed by atoms with E-state index in [-0.39, 0.29) is 23.8 Å². The van der Waals surface area contributed by atoms with Crippen molar-refractivity contribution in [1.82, 2.24) is 15.1 Å². The van der Waals surface area contributed by atoms with Crippen molar-refractivity contribution in [2.75, 3.05) is 5.32 Å². The molecule has 0 unspecified atom stereocenters. The van der Waals surface area contributed by atoms with E-state index < -0.39 is 0 Å². The zero-order chi connectivity index (χ0) is 19.4. The van der Waals surface area contributed by atoms with Crippen molar-refractivity contribution in [1.29, 1.82) is 0 Å². The van der Waals surface area contributed by atoms with Crippen molar-refractivity contribution >= 4 is 17.5 Å². The van der Waals surface area contributed by atoms with Crippen LogP contribution in [0.25, 0.3) is 0 Å². The molecular formula is C21H28N4O2. The maximum Gasteiger partial charge on any atom is 0.255 e. The van der Waals surface area contributed by atoms with E-state index in [0.29, 0.717) is 17.3 Å². The molecule has 6 heteroatoms. The van der Waals surface area contributed by atoms with Crippen LogP contribution >= 0.6 is 0 Å². The highest BCUT2D eigenvalue weighted by atomic mass is 16.2. The maximum atomic E-state index is 12.4. The number of rotatable bonds is 5. The molecule has 2 amide bonds. The van der Waals surface area contributed by atoms with Gasteiger partial charge in [-0.25, -0.2) is 0 Å². The molecule has 1 heterocycles. The van der Waals surface area contributed by atoms with Gasteiger partial charge in [-0.2, -0.15) is 5.10 Å². The minimum atomic E-state index is -0.189. The van der Waals surface area contributed by atoms with Gasteiger partial charge in [0.2, 0.25) is 5.91 Å². The number of amides is 2. The molecule has 144 valence electrons. The molecule has 0 bridgehead atoms. The number of anilines is 1. The summed E-state index contributed by atoms with van der Waals surface area (Å²) < 4.78 is 1.54. The predicted octanol–water partition coefficient (Wildman–Crippen LogP) is 3.49. The fourth-order valence-corrected chi connectivity index (χ4v) is 3.33. The van der Waals surface area contributed by atoms with Crippen LogP contribution in [0.3, 0.4) is 0 Å². The first-order valence-electron chi connectivity index (χ1n) is 9.55. The van der Waals surface area contributed by atoms with Crippen molar-refractivity contribution in [2.45, 2.75) is 64.5 Å². The van der Waals surface area contributed by atoms with E-state index in [1.807, 2.05) is 24.3 Å². The molecule has 0 atom stereocenters. The summed E-state index contributed by atoms with van der Waals surface area (Å²) in [5.41, 5.74) is 2.40. The molecule has 2 N–H and O–H groups in total. The van der Waals surface area contributed by atoms with Crippen LogP contribution in [0, 0.1) is 0 Å². The van der Waals surface area contributed by atoms with Crippen molar-refractivity contribution in [2.24, 2.45) is 0 Å². The largest absolute Gasteiger partial charge is 0.352 e. The summed E-state index contributed by atoms with van der Waals surface area (Å²) in [6.45, 7) is 6.57. The third kappa shape index (κ3) is 5.18. The Kier molecular flexibility index (Phi) is 5.63. The Morgan fingerprint density at radius 1 is 1.15 bits per heavy atom. The van der Waals surface area contributed by atoms with Crippen LogP contribution in [0.1, 0.15) is 62.4 Å². The molecule has 6 nitrogen and oxygen atoms in total. The quantitative estimate of drug-likeness (QED) is 0.848. The molecule has 3 rings (SSSR count). The van der Waals surface area contributed by atoms with Crippen LogP contribution in [-0.4, -0.2) is 27.6 Å². The van der Waals surface area contributed by atoms with Gasteiger partial charge in [0, 0.05) is 17.8 Å². The van der Waals surface area contributed by atoms with Crippen LogP contribution < -0.4 is 10.6 Å². The fourth-order valence-electron chi connectivity index (χ4n) is 3.33. The van der Waals surface area contributed by atoms with Crippen molar-refractivity contribution < 1.29 is 9.59 Å². The highest BCUT2D eigenvalue weighted by Gasteiger charge is 2.18. The normalized spacial score (nSPS) is 14.9. The average Bonchev–Trinajstić information content (AvgIpc) is 3.26. The van der Waals surface area contributed by atoms with Gasteiger partial charge in [0.15, 0.2) is 0 Å². The second-order valence-corrected chi connectivity index (χ2v) is 8.26. The number of hydrogen-bond donors (Lipinski definition) is 2. The van der Waals surface area contributed by atoms with Gasteiger partial charge in [-0.05, 0) is 36.0 Å². The summed E-state index contributed by atoms with van der Waals surface area (Å²) in [7, 11) is 0. The molecule has 1 saturated carbocycles. The van der Waals surface area contributed by atoms with E-state index in [4.69, 9.17) is 0 Å². The summed E-state index contributed by atoms with van der Waals surface area (Å²) >= 11 is 0. The monoisotopic (exact) mass is 368 g/mol. The van der Waals surface area contributed by atoms with E-state index >= 15 is 0 Å². The lowest BCUT2D eigenvalue weighted by Gasteiger charge is -2.19. The Hall–Kier alpha value is -2.63. The second-order valence-electron chi connectivity index (χ2n) is 8.26. The minimum absolute atomic E-state index is 0.0411. The average molecular weight is 368 g/mol. The van der Waals surface area contributed by atoms with Gasteiger partial charge >= 0.3 is 0 Å². The van der Waals surface area contributed by atoms with Crippen molar-refractivity contribution in [3.8, 4) is 0 Å². The first-order valence-corrected chi connectivity index (χ1v) is 9.55. The number of hydrogen-bond acceptors (Lipinski definition) is 3. The summed E-state index contributed by atoms with van der Waals surface area (Å²) in [6, 6.07) is 7.91. The number of nitrogens with zero attached hydrogens (tertiary/aromatic N) is 2. The maximum absolute atomic E-state index is 12.4. The van der Waals surface area contributed by atoms with Crippen LogP contribution in [-0.2, 0) is 16.8 Å². The molecule has 2 aromatic rings. The Balaban J connectivity index is 1.55. The van der Waals surface area contributed by atoms with Crippen molar-refractivity contribution in [3.05, 3.63) is 47.8 Å². The molecule has 1 aliphatic carbocycles. The van der Waals surface area contributed by atoms with Gasteiger partial charge < -0.3 is 10.6 Å². The smallest absolute Gasteiger partial charge is 0.255 e. The molecule has 1 aromatic carbocycles. The third-order valence-corrected chi connectivity index (χ3v) is 4.93. The Labute approximate surface area is 160 Å². The van der Waals surface area contributed by atoms with Gasteiger partial charge in [-0.15, -0.1) is 0 Å². The number of aromatic nitrogens is 2.